The Labute approximate surface area is 410 Å². The second-order valence-electron chi connectivity index (χ2n) is 22.8. The van der Waals surface area contributed by atoms with Crippen molar-refractivity contribution in [1.82, 2.24) is 4.57 Å². The summed E-state index contributed by atoms with van der Waals surface area (Å²) in [6, 6.07) is 26.4. The fourth-order valence-corrected chi connectivity index (χ4v) is 10.9. The van der Waals surface area contributed by atoms with Gasteiger partial charge in [0.2, 0.25) is 5.69 Å². The van der Waals surface area contributed by atoms with E-state index in [0.29, 0.717) is 17.0 Å². The van der Waals surface area contributed by atoms with Gasteiger partial charge in [-0.05, 0) is 134 Å². The van der Waals surface area contributed by atoms with Gasteiger partial charge in [0.15, 0.2) is 23.0 Å². The normalized spacial score (nSPS) is 17.7. The molecule has 2 aromatic heterocycles. The Morgan fingerprint density at radius 1 is 0.657 bits per heavy atom. The number of imidazole rings is 1. The monoisotopic (exact) mass is 890 g/mol. The summed E-state index contributed by atoms with van der Waals surface area (Å²) in [7, 11) is 0. The standard InChI is InChI=1S/C63H67N3O/c1-36(2)45-18-16-19-46(37(3)4)55(45)42-26-27-52(39(6)30-42)65-53-21-17-20-47-48-32-43(60(7,8)9)33-49-54-31-41(40-24-22-38(5)23-25-40)28-29-64(54)63(56(48)49)66(57(47)53)59(65)50-34-44(61(10,11)12)35-51(58(50)67-63)62(13,14)15/h16-37H,1-15H3/q+2/i22D,23D,24D,25D,28D,29D,31D,36D. The molecule has 6 aromatic carbocycles. The molecular formula is C63H67N3O+2. The summed E-state index contributed by atoms with van der Waals surface area (Å²) in [4.78, 5) is 0. The van der Waals surface area contributed by atoms with Crippen molar-refractivity contribution in [2.75, 3.05) is 0 Å². The maximum Gasteiger partial charge on any atom is 0.499 e. The number of aromatic nitrogens is 3. The second-order valence-corrected chi connectivity index (χ2v) is 22.8. The number of benzene rings is 6. The van der Waals surface area contributed by atoms with Crippen LogP contribution in [0.3, 0.4) is 0 Å². The lowest BCUT2D eigenvalue weighted by Gasteiger charge is -2.36. The van der Waals surface area contributed by atoms with Crippen LogP contribution in [0.4, 0.5) is 0 Å². The van der Waals surface area contributed by atoms with Gasteiger partial charge in [-0.2, -0.15) is 4.57 Å². The molecule has 338 valence electrons. The van der Waals surface area contributed by atoms with Crippen LogP contribution < -0.4 is 13.9 Å². The minimum atomic E-state index is -1.72. The van der Waals surface area contributed by atoms with E-state index in [1.165, 1.54) is 5.56 Å². The topological polar surface area (TPSA) is 21.9 Å². The summed E-state index contributed by atoms with van der Waals surface area (Å²) in [5.41, 5.74) is 14.1. The van der Waals surface area contributed by atoms with Crippen molar-refractivity contribution in [2.45, 2.75) is 138 Å². The quantitative estimate of drug-likeness (QED) is 0.158. The maximum absolute atomic E-state index is 10.4. The van der Waals surface area contributed by atoms with Gasteiger partial charge < -0.3 is 4.74 Å². The van der Waals surface area contributed by atoms with Crippen LogP contribution in [-0.2, 0) is 22.1 Å². The Bertz CT molecular complexity index is 3850. The highest BCUT2D eigenvalue weighted by atomic mass is 16.5. The summed E-state index contributed by atoms with van der Waals surface area (Å²) >= 11 is 0. The summed E-state index contributed by atoms with van der Waals surface area (Å²) in [5.74, 6) is -0.928. The first-order chi connectivity index (χ1) is 34.8. The first-order valence-corrected chi connectivity index (χ1v) is 23.9. The average molecular weight is 890 g/mol. The van der Waals surface area contributed by atoms with Crippen molar-refractivity contribution < 1.29 is 24.8 Å². The molecule has 5 heterocycles. The van der Waals surface area contributed by atoms with Gasteiger partial charge in [0.05, 0.1) is 13.8 Å². The van der Waals surface area contributed by atoms with Crippen LogP contribution in [0.15, 0.2) is 121 Å². The van der Waals surface area contributed by atoms with Gasteiger partial charge in [0, 0.05) is 30.1 Å². The van der Waals surface area contributed by atoms with Crippen LogP contribution >= 0.6 is 0 Å². The van der Waals surface area contributed by atoms with Crippen LogP contribution in [0.2, 0.25) is 0 Å². The molecule has 0 radical (unpaired) electrons. The number of hydrogen-bond donors (Lipinski definition) is 0. The summed E-state index contributed by atoms with van der Waals surface area (Å²) < 4.78 is 90.5. The number of ether oxygens (including phenoxy) is 1. The van der Waals surface area contributed by atoms with Crippen LogP contribution in [0.5, 0.6) is 5.75 Å². The molecule has 67 heavy (non-hydrogen) atoms. The Morgan fingerprint density at radius 2 is 1.31 bits per heavy atom. The third kappa shape index (κ3) is 6.23. The van der Waals surface area contributed by atoms with E-state index < -0.39 is 23.2 Å². The molecule has 0 saturated carbocycles. The highest BCUT2D eigenvalue weighted by molar-refractivity contribution is 5.98. The van der Waals surface area contributed by atoms with Gasteiger partial charge in [-0.25, -0.2) is 0 Å². The van der Waals surface area contributed by atoms with Crippen molar-refractivity contribution in [1.29, 1.82) is 0 Å². The van der Waals surface area contributed by atoms with Crippen molar-refractivity contribution >= 4 is 11.0 Å². The molecule has 0 fully saturated rings. The molecule has 3 aliphatic heterocycles. The highest BCUT2D eigenvalue weighted by Crippen LogP contribution is 2.56. The summed E-state index contributed by atoms with van der Waals surface area (Å²) in [5, 5.41) is 0. The molecule has 0 aliphatic carbocycles. The molecule has 4 nitrogen and oxygen atoms in total. The zero-order valence-corrected chi connectivity index (χ0v) is 41.8. The fourth-order valence-electron chi connectivity index (χ4n) is 10.9. The zero-order chi connectivity index (χ0) is 54.5. The van der Waals surface area contributed by atoms with E-state index in [2.05, 4.69) is 171 Å². The Balaban J connectivity index is 1.35. The third-order valence-electron chi connectivity index (χ3n) is 14.4. The number of para-hydroxylation sites is 1. The average Bonchev–Trinajstić information content (AvgIpc) is 3.92. The van der Waals surface area contributed by atoms with Gasteiger partial charge >= 0.3 is 11.7 Å². The molecule has 0 N–H and O–H groups in total. The molecule has 11 rings (SSSR count). The first kappa shape index (κ1) is 35.0. The largest absolute Gasteiger partial charge is 0.499 e. The van der Waals surface area contributed by atoms with Gasteiger partial charge in [-0.3, -0.25) is 0 Å². The van der Waals surface area contributed by atoms with E-state index >= 15 is 0 Å². The minimum absolute atomic E-state index is 0.133. The number of fused-ring (bicyclic) bond motifs is 5. The smallest absolute Gasteiger partial charge is 0.392 e. The van der Waals surface area contributed by atoms with Crippen LogP contribution in [0, 0.1) is 13.8 Å². The molecule has 0 saturated heterocycles. The van der Waals surface area contributed by atoms with Crippen molar-refractivity contribution in [3.05, 3.63) is 166 Å². The van der Waals surface area contributed by atoms with Gasteiger partial charge in [0.1, 0.15) is 18.2 Å². The minimum Gasteiger partial charge on any atom is -0.392 e. The lowest BCUT2D eigenvalue weighted by atomic mass is 9.78. The molecule has 1 atom stereocenters. The maximum atomic E-state index is 10.4. The van der Waals surface area contributed by atoms with Gasteiger partial charge in [-0.15, -0.1) is 9.13 Å². The van der Waals surface area contributed by atoms with E-state index in [1.807, 2.05) is 13.8 Å². The summed E-state index contributed by atoms with van der Waals surface area (Å²) in [6.07, 6.45) is -0.295. The SMILES string of the molecule is [2H]c1c([2H])c(-c2c([2H])c([2H])[n+]3c(c2[2H])-c2cc(C(C)(C)C)cc4c2C32Oc3c(cc(C(C)(C)C)cc3C(C)(C)C)-c3n(-c5ccc(-c6c(C(C)C)cccc6C([2H])(C)C)cc5C)c5cccc-4c5[n+]32)c([2H])c([2H])c1C. The fraction of sp³-hybridized carbons (Fsp3) is 0.333. The van der Waals surface area contributed by atoms with Crippen molar-refractivity contribution in [3.63, 3.8) is 0 Å². The first-order valence-electron chi connectivity index (χ1n) is 27.9. The Hall–Kier alpha value is -6.26. The van der Waals surface area contributed by atoms with Gasteiger partial charge in [-0.1, -0.05) is 156 Å². The van der Waals surface area contributed by atoms with Crippen LogP contribution in [0.25, 0.3) is 72.7 Å². The molecule has 3 aliphatic rings. The zero-order valence-electron chi connectivity index (χ0n) is 49.8. The molecule has 1 unspecified atom stereocenters. The van der Waals surface area contributed by atoms with E-state index in [1.54, 1.807) is 11.5 Å². The van der Waals surface area contributed by atoms with E-state index in [0.717, 1.165) is 83.7 Å². The third-order valence-corrected chi connectivity index (χ3v) is 14.4. The molecule has 0 bridgehead atoms. The predicted octanol–water partition coefficient (Wildman–Crippen LogP) is 15.5. The van der Waals surface area contributed by atoms with Crippen LogP contribution in [0.1, 0.15) is 157 Å². The van der Waals surface area contributed by atoms with E-state index in [4.69, 9.17) is 7.48 Å². The number of aryl methyl sites for hydroxylation is 1. The molecule has 4 heteroatoms. The Morgan fingerprint density at radius 3 is 1.97 bits per heavy atom. The highest BCUT2D eigenvalue weighted by Gasteiger charge is 2.69. The predicted molar refractivity (Wildman–Crippen MR) is 278 cm³/mol. The number of nitrogens with zero attached hydrogens (tertiary/aromatic N) is 3. The van der Waals surface area contributed by atoms with E-state index in [9.17, 15) is 8.22 Å². The summed E-state index contributed by atoms with van der Waals surface area (Å²) in [6.45, 7) is 31.7. The van der Waals surface area contributed by atoms with Crippen molar-refractivity contribution in [2.24, 2.45) is 0 Å². The lowest BCUT2D eigenvalue weighted by molar-refractivity contribution is -0.997. The molecular weight excluding hydrogens is 815 g/mol. The van der Waals surface area contributed by atoms with E-state index in [-0.39, 0.29) is 69.8 Å². The second kappa shape index (κ2) is 14.4. The molecule has 8 aromatic rings. The molecule has 1 spiro atoms. The number of rotatable bonds is 5. The van der Waals surface area contributed by atoms with Crippen molar-refractivity contribution in [3.8, 4) is 67.5 Å². The number of hydrogen-bond acceptors (Lipinski definition) is 1. The number of pyridine rings is 1. The lowest BCUT2D eigenvalue weighted by Crippen LogP contribution is -2.78. The Kier molecular flexibility index (Phi) is 7.50. The van der Waals surface area contributed by atoms with Gasteiger partial charge in [0.25, 0.3) is 0 Å². The molecule has 0 amide bonds. The van der Waals surface area contributed by atoms with Crippen LogP contribution in [-0.4, -0.2) is 4.57 Å².